The maximum absolute atomic E-state index is 5.62. The van der Waals surface area contributed by atoms with Gasteiger partial charge in [0, 0.05) is 13.2 Å². The number of rotatable bonds is 11. The zero-order valence-electron chi connectivity index (χ0n) is 13.2. The summed E-state index contributed by atoms with van der Waals surface area (Å²) < 4.78 is 5.62. The summed E-state index contributed by atoms with van der Waals surface area (Å²) in [5.41, 5.74) is 1.29. The number of benzene rings is 1. The second-order valence-corrected chi connectivity index (χ2v) is 5.41. The minimum absolute atomic E-state index is 0.724. The maximum Gasteiger partial charge on any atom is 0.0494 e. The molecule has 0 N–H and O–H groups in total. The van der Waals surface area contributed by atoms with E-state index in [4.69, 9.17) is 4.74 Å². The third kappa shape index (κ3) is 8.16. The molecule has 1 heteroatoms. The first kappa shape index (κ1) is 17.0. The van der Waals surface area contributed by atoms with E-state index in [0.29, 0.717) is 0 Å². The minimum Gasteiger partial charge on any atom is -0.381 e. The summed E-state index contributed by atoms with van der Waals surface area (Å²) in [4.78, 5) is 0. The van der Waals surface area contributed by atoms with Crippen LogP contribution in [0.3, 0.4) is 0 Å². The first-order valence-corrected chi connectivity index (χ1v) is 8.16. The highest BCUT2D eigenvalue weighted by atomic mass is 16.5. The maximum atomic E-state index is 5.62. The van der Waals surface area contributed by atoms with E-state index >= 15 is 0 Å². The molecule has 0 saturated heterocycles. The Morgan fingerprint density at radius 1 is 1.05 bits per heavy atom. The normalized spacial score (nSPS) is 12.9. The van der Waals surface area contributed by atoms with Gasteiger partial charge >= 0.3 is 0 Å². The van der Waals surface area contributed by atoms with Crippen LogP contribution < -0.4 is 0 Å². The van der Waals surface area contributed by atoms with Crippen LogP contribution in [0, 0.1) is 5.92 Å². The number of unbranched alkanes of at least 4 members (excludes halogenated alkanes) is 2. The minimum atomic E-state index is 0.724. The smallest absolute Gasteiger partial charge is 0.0494 e. The van der Waals surface area contributed by atoms with Crippen LogP contribution >= 0.6 is 0 Å². The summed E-state index contributed by atoms with van der Waals surface area (Å²) in [6, 6.07) is 10.5. The van der Waals surface area contributed by atoms with Gasteiger partial charge in [0.15, 0.2) is 0 Å². The van der Waals surface area contributed by atoms with Crippen LogP contribution in [0.4, 0.5) is 0 Å². The van der Waals surface area contributed by atoms with Gasteiger partial charge in [-0.3, -0.25) is 0 Å². The third-order valence-corrected chi connectivity index (χ3v) is 3.63. The van der Waals surface area contributed by atoms with Crippen molar-refractivity contribution in [2.75, 3.05) is 13.2 Å². The van der Waals surface area contributed by atoms with Crippen LogP contribution in [-0.2, 0) is 4.74 Å². The highest BCUT2D eigenvalue weighted by Crippen LogP contribution is 2.17. The molecule has 1 aromatic carbocycles. The number of allylic oxidation sites excluding steroid dienone is 1. The van der Waals surface area contributed by atoms with Crippen LogP contribution in [0.15, 0.2) is 36.4 Å². The zero-order chi connectivity index (χ0) is 14.5. The second kappa shape index (κ2) is 11.7. The van der Waals surface area contributed by atoms with Gasteiger partial charge in [-0.05, 0) is 37.7 Å². The molecule has 0 saturated carbocycles. The van der Waals surface area contributed by atoms with E-state index < -0.39 is 0 Å². The lowest BCUT2D eigenvalue weighted by molar-refractivity contribution is 0.103. The first-order chi connectivity index (χ1) is 9.86. The Morgan fingerprint density at radius 2 is 1.85 bits per heavy atom. The van der Waals surface area contributed by atoms with Crippen LogP contribution in [0.25, 0.3) is 6.08 Å². The molecule has 1 atom stereocenters. The largest absolute Gasteiger partial charge is 0.381 e. The van der Waals surface area contributed by atoms with Gasteiger partial charge in [-0.15, -0.1) is 0 Å². The van der Waals surface area contributed by atoms with E-state index in [1.165, 1.54) is 37.7 Å². The summed E-state index contributed by atoms with van der Waals surface area (Å²) in [6.45, 7) is 6.11. The van der Waals surface area contributed by atoms with Gasteiger partial charge in [0.2, 0.25) is 0 Å². The van der Waals surface area contributed by atoms with E-state index in [0.717, 1.165) is 25.6 Å². The number of ether oxygens (including phenoxy) is 1. The van der Waals surface area contributed by atoms with Gasteiger partial charge in [-0.1, -0.05) is 68.7 Å². The van der Waals surface area contributed by atoms with Crippen molar-refractivity contribution in [3.63, 3.8) is 0 Å². The van der Waals surface area contributed by atoms with Gasteiger partial charge in [0.25, 0.3) is 0 Å². The van der Waals surface area contributed by atoms with E-state index in [1.54, 1.807) is 0 Å². The van der Waals surface area contributed by atoms with Crippen molar-refractivity contribution < 1.29 is 4.74 Å². The number of hydrogen-bond donors (Lipinski definition) is 0. The van der Waals surface area contributed by atoms with Crippen LogP contribution in [0.5, 0.6) is 0 Å². The molecule has 0 spiro atoms. The van der Waals surface area contributed by atoms with Crippen molar-refractivity contribution in [3.8, 4) is 0 Å². The van der Waals surface area contributed by atoms with Crippen LogP contribution in [-0.4, -0.2) is 13.2 Å². The predicted molar refractivity (Wildman–Crippen MR) is 88.8 cm³/mol. The average Bonchev–Trinajstić information content (AvgIpc) is 2.49. The summed E-state index contributed by atoms with van der Waals surface area (Å²) in [7, 11) is 0. The molecule has 0 aromatic heterocycles. The molecule has 0 radical (unpaired) electrons. The van der Waals surface area contributed by atoms with E-state index in [-0.39, 0.29) is 0 Å². The van der Waals surface area contributed by atoms with Crippen molar-refractivity contribution in [1.82, 2.24) is 0 Å². The fourth-order valence-corrected chi connectivity index (χ4v) is 2.39. The molecule has 0 fully saturated rings. The summed E-state index contributed by atoms with van der Waals surface area (Å²) >= 11 is 0. The highest BCUT2D eigenvalue weighted by Gasteiger charge is 2.07. The topological polar surface area (TPSA) is 9.23 Å². The van der Waals surface area contributed by atoms with Crippen LogP contribution in [0.2, 0.25) is 0 Å². The predicted octanol–water partition coefficient (Wildman–Crippen LogP) is 5.71. The lowest BCUT2D eigenvalue weighted by Gasteiger charge is -2.15. The molecule has 1 nitrogen and oxygen atoms in total. The molecule has 0 aliphatic carbocycles. The molecule has 0 aliphatic heterocycles. The monoisotopic (exact) mass is 274 g/mol. The summed E-state index contributed by atoms with van der Waals surface area (Å²) in [5.74, 6) is 0.724. The van der Waals surface area contributed by atoms with Crippen molar-refractivity contribution >= 4 is 6.08 Å². The van der Waals surface area contributed by atoms with Crippen molar-refractivity contribution in [2.45, 2.75) is 52.4 Å². The first-order valence-electron chi connectivity index (χ1n) is 8.16. The Labute approximate surface area is 125 Å². The van der Waals surface area contributed by atoms with Gasteiger partial charge in [-0.25, -0.2) is 0 Å². The molecular formula is C19H30O. The second-order valence-electron chi connectivity index (χ2n) is 5.41. The van der Waals surface area contributed by atoms with Crippen molar-refractivity contribution in [1.29, 1.82) is 0 Å². The Hall–Kier alpha value is -1.08. The molecule has 1 unspecified atom stereocenters. The fourth-order valence-electron chi connectivity index (χ4n) is 2.39. The van der Waals surface area contributed by atoms with E-state index in [9.17, 15) is 0 Å². The lowest BCUT2D eigenvalue weighted by atomic mass is 9.96. The highest BCUT2D eigenvalue weighted by molar-refractivity contribution is 5.48. The van der Waals surface area contributed by atoms with E-state index in [1.807, 2.05) is 0 Å². The third-order valence-electron chi connectivity index (χ3n) is 3.63. The standard InChI is InChI=1S/C19H30O/c1-3-5-7-15-19(17-20-4-2)16-11-10-14-18-12-8-6-9-13-18/h6,8-10,12-14,19H,3-5,7,11,15-17H2,1-2H3. The SMILES string of the molecule is CCCCCC(CCC=Cc1ccccc1)COCC. The summed E-state index contributed by atoms with van der Waals surface area (Å²) in [5, 5.41) is 0. The molecule has 0 bridgehead atoms. The molecule has 0 amide bonds. The Kier molecular flexibility index (Phi) is 9.95. The van der Waals surface area contributed by atoms with Crippen molar-refractivity contribution in [2.24, 2.45) is 5.92 Å². The van der Waals surface area contributed by atoms with Crippen LogP contribution in [0.1, 0.15) is 57.9 Å². The quantitative estimate of drug-likeness (QED) is 0.469. The molecule has 0 aliphatic rings. The number of hydrogen-bond acceptors (Lipinski definition) is 1. The van der Waals surface area contributed by atoms with Gasteiger partial charge < -0.3 is 4.74 Å². The molecule has 0 heterocycles. The Bertz CT molecular complexity index is 342. The zero-order valence-corrected chi connectivity index (χ0v) is 13.2. The van der Waals surface area contributed by atoms with Gasteiger partial charge in [-0.2, -0.15) is 0 Å². The molecule has 1 rings (SSSR count). The Balaban J connectivity index is 2.27. The summed E-state index contributed by atoms with van der Waals surface area (Å²) in [6.07, 6.45) is 12.2. The lowest BCUT2D eigenvalue weighted by Crippen LogP contribution is -2.09. The molecule has 1 aromatic rings. The Morgan fingerprint density at radius 3 is 2.55 bits per heavy atom. The van der Waals surface area contributed by atoms with E-state index in [2.05, 4.69) is 56.3 Å². The fraction of sp³-hybridized carbons (Fsp3) is 0.579. The van der Waals surface area contributed by atoms with Crippen molar-refractivity contribution in [3.05, 3.63) is 42.0 Å². The molecule has 112 valence electrons. The average molecular weight is 274 g/mol. The van der Waals surface area contributed by atoms with Gasteiger partial charge in [0.1, 0.15) is 0 Å². The molecular weight excluding hydrogens is 244 g/mol. The van der Waals surface area contributed by atoms with Gasteiger partial charge in [0.05, 0.1) is 0 Å². The molecule has 20 heavy (non-hydrogen) atoms.